The van der Waals surface area contributed by atoms with E-state index in [0.29, 0.717) is 6.61 Å². The Hall–Kier alpha value is -1.88. The summed E-state index contributed by atoms with van der Waals surface area (Å²) in [6.45, 7) is 5.29. The second-order valence-corrected chi connectivity index (χ2v) is 8.15. The molecule has 0 bridgehead atoms. The SMILES string of the molecule is CCCCOCC(=O)N1CCC2(CC1)CC(c1ccccc1)C(=O)N(C)C2. The lowest BCUT2D eigenvalue weighted by atomic mass is 9.67. The van der Waals surface area contributed by atoms with E-state index in [-0.39, 0.29) is 29.8 Å². The summed E-state index contributed by atoms with van der Waals surface area (Å²) < 4.78 is 5.49. The lowest BCUT2D eigenvalue weighted by Crippen LogP contribution is -2.53. The molecule has 1 spiro atoms. The minimum Gasteiger partial charge on any atom is -0.372 e. The van der Waals surface area contributed by atoms with Crippen LogP contribution in [0.3, 0.4) is 0 Å². The van der Waals surface area contributed by atoms with Crippen molar-refractivity contribution >= 4 is 11.8 Å². The van der Waals surface area contributed by atoms with Crippen LogP contribution in [0.2, 0.25) is 0 Å². The summed E-state index contributed by atoms with van der Waals surface area (Å²) in [4.78, 5) is 28.9. The predicted octanol–water partition coefficient (Wildman–Crippen LogP) is 3.06. The van der Waals surface area contributed by atoms with Crippen molar-refractivity contribution in [1.29, 1.82) is 0 Å². The van der Waals surface area contributed by atoms with E-state index in [4.69, 9.17) is 4.74 Å². The van der Waals surface area contributed by atoms with Crippen LogP contribution in [0.25, 0.3) is 0 Å². The highest BCUT2D eigenvalue weighted by atomic mass is 16.5. The van der Waals surface area contributed by atoms with Crippen molar-refractivity contribution in [2.45, 2.75) is 44.9 Å². The highest BCUT2D eigenvalue weighted by Gasteiger charge is 2.45. The van der Waals surface area contributed by atoms with Gasteiger partial charge in [-0.2, -0.15) is 0 Å². The van der Waals surface area contributed by atoms with Crippen LogP contribution in [0, 0.1) is 5.41 Å². The van der Waals surface area contributed by atoms with Crippen LogP contribution >= 0.6 is 0 Å². The smallest absolute Gasteiger partial charge is 0.248 e. The number of nitrogens with zero attached hydrogens (tertiary/aromatic N) is 2. The van der Waals surface area contributed by atoms with Crippen molar-refractivity contribution in [2.24, 2.45) is 5.41 Å². The molecular formula is C22H32N2O3. The van der Waals surface area contributed by atoms with Gasteiger partial charge < -0.3 is 14.5 Å². The standard InChI is InChI=1S/C22H32N2O3/c1-3-4-14-27-16-20(25)24-12-10-22(11-13-24)15-19(21(26)23(2)17-22)18-8-6-5-7-9-18/h5-9,19H,3-4,10-17H2,1-2H3. The van der Waals surface area contributed by atoms with Crippen molar-refractivity contribution in [3.8, 4) is 0 Å². The summed E-state index contributed by atoms with van der Waals surface area (Å²) in [7, 11) is 1.91. The Morgan fingerprint density at radius 2 is 1.93 bits per heavy atom. The molecule has 0 saturated carbocycles. The lowest BCUT2D eigenvalue weighted by Gasteiger charge is -2.49. The average molecular weight is 373 g/mol. The maximum absolute atomic E-state index is 12.7. The molecule has 2 saturated heterocycles. The number of ether oxygens (including phenoxy) is 1. The van der Waals surface area contributed by atoms with Gasteiger partial charge in [0.1, 0.15) is 6.61 Å². The summed E-state index contributed by atoms with van der Waals surface area (Å²) in [5.41, 5.74) is 1.22. The van der Waals surface area contributed by atoms with E-state index in [1.54, 1.807) is 0 Å². The summed E-state index contributed by atoms with van der Waals surface area (Å²) >= 11 is 0. The van der Waals surface area contributed by atoms with Gasteiger partial charge in [0.25, 0.3) is 0 Å². The Morgan fingerprint density at radius 1 is 1.22 bits per heavy atom. The van der Waals surface area contributed by atoms with E-state index < -0.39 is 0 Å². The van der Waals surface area contributed by atoms with Crippen LogP contribution in [0.1, 0.15) is 50.5 Å². The van der Waals surface area contributed by atoms with Gasteiger partial charge in [0.05, 0.1) is 5.92 Å². The van der Waals surface area contributed by atoms with Crippen LogP contribution in [0.5, 0.6) is 0 Å². The number of likely N-dealkylation sites (N-methyl/N-ethyl adjacent to an activating group) is 1. The maximum atomic E-state index is 12.7. The molecule has 2 heterocycles. The normalized spacial score (nSPS) is 22.3. The van der Waals surface area contributed by atoms with Crippen molar-refractivity contribution in [3.63, 3.8) is 0 Å². The second kappa shape index (κ2) is 8.87. The van der Waals surface area contributed by atoms with Crippen LogP contribution in [-0.4, -0.2) is 61.5 Å². The van der Waals surface area contributed by atoms with Crippen LogP contribution < -0.4 is 0 Å². The molecule has 2 aliphatic rings. The Kier molecular flexibility index (Phi) is 6.53. The van der Waals surface area contributed by atoms with Gasteiger partial charge in [-0.05, 0) is 36.7 Å². The van der Waals surface area contributed by atoms with Crippen molar-refractivity contribution < 1.29 is 14.3 Å². The molecule has 5 nitrogen and oxygen atoms in total. The number of piperidine rings is 2. The van der Waals surface area contributed by atoms with Gasteiger partial charge in [-0.15, -0.1) is 0 Å². The van der Waals surface area contributed by atoms with Crippen molar-refractivity contribution in [1.82, 2.24) is 9.80 Å². The predicted molar refractivity (Wildman–Crippen MR) is 105 cm³/mol. The molecule has 5 heteroatoms. The third-order valence-corrected chi connectivity index (χ3v) is 6.13. The first-order chi connectivity index (χ1) is 13.0. The summed E-state index contributed by atoms with van der Waals surface area (Å²) in [6.07, 6.45) is 4.87. The number of unbranched alkanes of at least 4 members (excludes halogenated alkanes) is 1. The molecule has 1 aromatic carbocycles. The zero-order valence-corrected chi connectivity index (χ0v) is 16.7. The molecule has 1 unspecified atom stereocenters. The molecule has 2 aliphatic heterocycles. The number of amides is 2. The van der Waals surface area contributed by atoms with Crippen molar-refractivity contribution in [3.05, 3.63) is 35.9 Å². The zero-order chi connectivity index (χ0) is 19.3. The van der Waals surface area contributed by atoms with Crippen LogP contribution in [0.15, 0.2) is 30.3 Å². The number of likely N-dealkylation sites (tertiary alicyclic amines) is 2. The van der Waals surface area contributed by atoms with Gasteiger partial charge in [-0.3, -0.25) is 9.59 Å². The topological polar surface area (TPSA) is 49.9 Å². The maximum Gasteiger partial charge on any atom is 0.248 e. The van der Waals surface area contributed by atoms with Gasteiger partial charge in [-0.1, -0.05) is 43.7 Å². The summed E-state index contributed by atoms with van der Waals surface area (Å²) in [5.74, 6) is 0.250. The van der Waals surface area contributed by atoms with Gasteiger partial charge >= 0.3 is 0 Å². The zero-order valence-electron chi connectivity index (χ0n) is 16.7. The number of hydrogen-bond donors (Lipinski definition) is 0. The fourth-order valence-electron chi connectivity index (χ4n) is 4.47. The monoisotopic (exact) mass is 372 g/mol. The van der Waals surface area contributed by atoms with Gasteiger partial charge in [0, 0.05) is 33.3 Å². The fraction of sp³-hybridized carbons (Fsp3) is 0.636. The number of benzene rings is 1. The summed E-state index contributed by atoms with van der Waals surface area (Å²) in [6, 6.07) is 10.1. The quantitative estimate of drug-likeness (QED) is 0.721. The van der Waals surface area contributed by atoms with Crippen LogP contribution in [0.4, 0.5) is 0 Å². The molecule has 2 amide bonds. The van der Waals surface area contributed by atoms with Crippen LogP contribution in [-0.2, 0) is 14.3 Å². The number of hydrogen-bond acceptors (Lipinski definition) is 3. The van der Waals surface area contributed by atoms with Gasteiger partial charge in [0.15, 0.2) is 0 Å². The highest BCUT2D eigenvalue weighted by Crippen LogP contribution is 2.45. The molecule has 0 radical (unpaired) electrons. The summed E-state index contributed by atoms with van der Waals surface area (Å²) in [5, 5.41) is 0. The molecular weight excluding hydrogens is 340 g/mol. The van der Waals surface area contributed by atoms with Crippen molar-refractivity contribution in [2.75, 3.05) is 39.9 Å². The molecule has 0 aromatic heterocycles. The molecule has 0 aliphatic carbocycles. The number of carbonyl (C=O) groups excluding carboxylic acids is 2. The lowest BCUT2D eigenvalue weighted by molar-refractivity contribution is -0.144. The van der Waals surface area contributed by atoms with Gasteiger partial charge in [-0.25, -0.2) is 0 Å². The Morgan fingerprint density at radius 3 is 2.59 bits per heavy atom. The van der Waals surface area contributed by atoms with E-state index in [2.05, 4.69) is 19.1 Å². The van der Waals surface area contributed by atoms with E-state index in [1.807, 2.05) is 35.0 Å². The first-order valence-corrected chi connectivity index (χ1v) is 10.2. The van der Waals surface area contributed by atoms with E-state index in [9.17, 15) is 9.59 Å². The minimum absolute atomic E-state index is 0.0652. The number of carbonyl (C=O) groups is 2. The third kappa shape index (κ3) is 4.70. The Balaban J connectivity index is 1.59. The largest absolute Gasteiger partial charge is 0.372 e. The molecule has 1 atom stereocenters. The van der Waals surface area contributed by atoms with E-state index >= 15 is 0 Å². The first kappa shape index (κ1) is 19.9. The molecule has 148 valence electrons. The minimum atomic E-state index is -0.0652. The molecule has 1 aromatic rings. The highest BCUT2D eigenvalue weighted by molar-refractivity contribution is 5.84. The Bertz CT molecular complexity index is 638. The number of rotatable bonds is 6. The van der Waals surface area contributed by atoms with E-state index in [0.717, 1.165) is 57.3 Å². The third-order valence-electron chi connectivity index (χ3n) is 6.13. The molecule has 27 heavy (non-hydrogen) atoms. The van der Waals surface area contributed by atoms with Gasteiger partial charge in [0.2, 0.25) is 11.8 Å². The second-order valence-electron chi connectivity index (χ2n) is 8.15. The molecule has 0 N–H and O–H groups in total. The average Bonchev–Trinajstić information content (AvgIpc) is 2.69. The molecule has 3 rings (SSSR count). The molecule has 2 fully saturated rings. The fourth-order valence-corrected chi connectivity index (χ4v) is 4.47. The Labute approximate surface area is 162 Å². The first-order valence-electron chi connectivity index (χ1n) is 10.2. The van der Waals surface area contributed by atoms with E-state index in [1.165, 1.54) is 0 Å².